The Labute approximate surface area is 214 Å². The maximum Gasteiger partial charge on any atom is 0.281 e. The lowest BCUT2D eigenvalue weighted by molar-refractivity contribution is -0.135. The minimum Gasteiger partial charge on any atom is -0.484 e. The van der Waals surface area contributed by atoms with Crippen molar-refractivity contribution in [2.45, 2.75) is 32.2 Å². The maximum atomic E-state index is 13.7. The molecule has 2 atom stereocenters. The Morgan fingerprint density at radius 3 is 2.27 bits per heavy atom. The number of carbonyl (C=O) groups excluding carboxylic acids is 2. The number of hydrazone groups is 1. The lowest BCUT2D eigenvalue weighted by Gasteiger charge is -2.29. The van der Waals surface area contributed by atoms with Gasteiger partial charge in [0, 0.05) is 11.5 Å². The van der Waals surface area contributed by atoms with Gasteiger partial charge in [0.1, 0.15) is 17.4 Å². The number of hydrogen-bond donors (Lipinski definition) is 0. The minimum atomic E-state index is -0.385. The minimum absolute atomic E-state index is 0.0511. The van der Waals surface area contributed by atoms with E-state index in [1.54, 1.807) is 48.5 Å². The molecular formula is C30H26F2N2O3. The number of halogens is 2. The summed E-state index contributed by atoms with van der Waals surface area (Å²) >= 11 is 0. The number of rotatable bonds is 6. The first-order valence-corrected chi connectivity index (χ1v) is 12.3. The number of benzene rings is 3. The summed E-state index contributed by atoms with van der Waals surface area (Å²) in [5.41, 5.74) is 4.05. The van der Waals surface area contributed by atoms with E-state index in [9.17, 15) is 18.4 Å². The molecule has 0 aromatic heterocycles. The van der Waals surface area contributed by atoms with E-state index < -0.39 is 0 Å². The molecule has 1 saturated carbocycles. The Morgan fingerprint density at radius 2 is 1.62 bits per heavy atom. The summed E-state index contributed by atoms with van der Waals surface area (Å²) in [6.07, 6.45) is 4.53. The molecule has 5 nitrogen and oxygen atoms in total. The summed E-state index contributed by atoms with van der Waals surface area (Å²) in [6.45, 7) is 1.25. The van der Waals surface area contributed by atoms with E-state index in [-0.39, 0.29) is 41.9 Å². The fourth-order valence-electron chi connectivity index (χ4n) is 4.96. The van der Waals surface area contributed by atoms with Crippen molar-refractivity contribution in [2.75, 3.05) is 6.61 Å². The second kappa shape index (κ2) is 10.5. The highest BCUT2D eigenvalue weighted by molar-refractivity contribution is 6.08. The van der Waals surface area contributed by atoms with Gasteiger partial charge in [-0.25, -0.2) is 13.8 Å². The zero-order valence-electron chi connectivity index (χ0n) is 20.4. The smallest absolute Gasteiger partial charge is 0.281 e. The molecule has 0 saturated heterocycles. The molecule has 1 heterocycles. The molecule has 7 heteroatoms. The van der Waals surface area contributed by atoms with E-state index in [1.165, 1.54) is 36.2 Å². The predicted octanol–water partition coefficient (Wildman–Crippen LogP) is 6.37. The van der Waals surface area contributed by atoms with Crippen LogP contribution in [-0.2, 0) is 4.79 Å². The van der Waals surface area contributed by atoms with Crippen LogP contribution in [0.3, 0.4) is 0 Å². The van der Waals surface area contributed by atoms with Crippen molar-refractivity contribution in [2.24, 2.45) is 11.0 Å². The normalized spacial score (nSPS) is 19.9. The van der Waals surface area contributed by atoms with Crippen LogP contribution in [0.15, 0.2) is 83.5 Å². The highest BCUT2D eigenvalue weighted by Gasteiger charge is 2.43. The number of allylic oxidation sites excluding steroid dienone is 1. The molecule has 3 aromatic rings. The van der Waals surface area contributed by atoms with Gasteiger partial charge in [-0.3, -0.25) is 9.59 Å². The van der Waals surface area contributed by atoms with Gasteiger partial charge in [-0.1, -0.05) is 24.3 Å². The lowest BCUT2D eigenvalue weighted by atomic mass is 9.77. The second-order valence-electron chi connectivity index (χ2n) is 9.31. The maximum absolute atomic E-state index is 13.7. The van der Waals surface area contributed by atoms with Crippen LogP contribution in [0.5, 0.6) is 5.75 Å². The molecule has 2 aliphatic rings. The summed E-state index contributed by atoms with van der Waals surface area (Å²) in [5, 5.41) is 6.23. The van der Waals surface area contributed by atoms with Crippen LogP contribution in [0.4, 0.5) is 8.78 Å². The Hall–Kier alpha value is -4.13. The molecule has 1 amide bonds. The average molecular weight is 501 g/mol. The number of hydrogen-bond acceptors (Lipinski definition) is 4. The van der Waals surface area contributed by atoms with Crippen molar-refractivity contribution >= 4 is 23.5 Å². The van der Waals surface area contributed by atoms with Crippen molar-refractivity contribution in [3.05, 3.63) is 107 Å². The fraction of sp³-hybridized carbons (Fsp3) is 0.233. The van der Waals surface area contributed by atoms with Crippen LogP contribution in [0, 0.1) is 17.6 Å². The van der Waals surface area contributed by atoms with E-state index in [0.717, 1.165) is 41.7 Å². The standard InChI is InChI=1S/C30H26F2N2O3/c1-19(35)21-9-15-26(16-10-21)37-18-28(36)34-30(22-7-13-25(32)14-8-22)27-4-2-3-23(29(27)33-34)17-20-5-11-24(31)12-6-20/h5-17,27,30H,2-4,18H2,1H3/b23-17-/t27-,30+/m1/s1. The summed E-state index contributed by atoms with van der Waals surface area (Å²) in [6, 6.07) is 18.7. The number of fused-ring (bicyclic) bond motifs is 1. The quantitative estimate of drug-likeness (QED) is 0.370. The third-order valence-electron chi connectivity index (χ3n) is 6.80. The third kappa shape index (κ3) is 5.35. The summed E-state index contributed by atoms with van der Waals surface area (Å²) in [4.78, 5) is 24.9. The second-order valence-corrected chi connectivity index (χ2v) is 9.31. The lowest BCUT2D eigenvalue weighted by Crippen LogP contribution is -2.34. The first-order valence-electron chi connectivity index (χ1n) is 12.3. The Morgan fingerprint density at radius 1 is 0.973 bits per heavy atom. The first-order chi connectivity index (χ1) is 17.9. The number of Topliss-reactive ketones (excluding diaryl/α,β-unsaturated/α-hetero) is 1. The molecule has 1 aliphatic heterocycles. The van der Waals surface area contributed by atoms with E-state index in [0.29, 0.717) is 11.3 Å². The summed E-state index contributed by atoms with van der Waals surface area (Å²) in [5.74, 6) is -0.607. The van der Waals surface area contributed by atoms with Gasteiger partial charge in [0.25, 0.3) is 5.91 Å². The molecule has 0 unspecified atom stereocenters. The van der Waals surface area contributed by atoms with Crippen molar-refractivity contribution in [3.63, 3.8) is 0 Å². The molecule has 188 valence electrons. The Bertz CT molecular complexity index is 1360. The molecule has 0 radical (unpaired) electrons. The van der Waals surface area contributed by atoms with Gasteiger partial charge >= 0.3 is 0 Å². The first kappa shape index (κ1) is 24.6. The number of ether oxygens (including phenoxy) is 1. The van der Waals surface area contributed by atoms with Crippen LogP contribution in [-0.4, -0.2) is 29.0 Å². The molecule has 1 fully saturated rings. The van der Waals surface area contributed by atoms with Crippen LogP contribution < -0.4 is 4.74 Å². The van der Waals surface area contributed by atoms with Crippen LogP contribution in [0.2, 0.25) is 0 Å². The van der Waals surface area contributed by atoms with E-state index in [1.807, 2.05) is 6.08 Å². The van der Waals surface area contributed by atoms with Gasteiger partial charge in [-0.15, -0.1) is 0 Å². The van der Waals surface area contributed by atoms with E-state index in [2.05, 4.69) is 0 Å². The van der Waals surface area contributed by atoms with Crippen LogP contribution in [0.25, 0.3) is 6.08 Å². The van der Waals surface area contributed by atoms with Gasteiger partial charge in [0.15, 0.2) is 12.4 Å². The predicted molar refractivity (Wildman–Crippen MR) is 137 cm³/mol. The largest absolute Gasteiger partial charge is 0.484 e. The SMILES string of the molecule is CC(=O)c1ccc(OCC(=O)N2N=C3/C(=C\c4ccc(F)cc4)CCC[C@H]3[C@@H]2c2ccc(F)cc2)cc1. The van der Waals surface area contributed by atoms with Gasteiger partial charge in [0.05, 0.1) is 11.8 Å². The zero-order chi connectivity index (χ0) is 25.9. The summed E-state index contributed by atoms with van der Waals surface area (Å²) < 4.78 is 32.8. The molecule has 1 aliphatic carbocycles. The van der Waals surface area contributed by atoms with Crippen molar-refractivity contribution < 1.29 is 23.1 Å². The number of carbonyl (C=O) groups is 2. The highest BCUT2D eigenvalue weighted by atomic mass is 19.1. The molecule has 3 aromatic carbocycles. The van der Waals surface area contributed by atoms with E-state index in [4.69, 9.17) is 9.84 Å². The molecule has 37 heavy (non-hydrogen) atoms. The highest BCUT2D eigenvalue weighted by Crippen LogP contribution is 2.44. The number of amides is 1. The fourth-order valence-corrected chi connectivity index (χ4v) is 4.96. The van der Waals surface area contributed by atoms with Crippen molar-refractivity contribution in [3.8, 4) is 5.75 Å². The summed E-state index contributed by atoms with van der Waals surface area (Å²) in [7, 11) is 0. The van der Waals surface area contributed by atoms with Gasteiger partial charge in [-0.2, -0.15) is 5.10 Å². The van der Waals surface area contributed by atoms with Crippen LogP contribution in [0.1, 0.15) is 53.7 Å². The number of nitrogens with zero attached hydrogens (tertiary/aromatic N) is 2. The third-order valence-corrected chi connectivity index (χ3v) is 6.80. The van der Waals surface area contributed by atoms with Gasteiger partial charge < -0.3 is 4.74 Å². The molecule has 5 rings (SSSR count). The van der Waals surface area contributed by atoms with Crippen LogP contribution >= 0.6 is 0 Å². The topological polar surface area (TPSA) is 59.0 Å². The molecule has 0 N–H and O–H groups in total. The van der Waals surface area contributed by atoms with E-state index >= 15 is 0 Å². The molecule has 0 bridgehead atoms. The Balaban J connectivity index is 1.43. The number of ketones is 1. The average Bonchev–Trinajstić information content (AvgIpc) is 3.30. The van der Waals surface area contributed by atoms with Crippen molar-refractivity contribution in [1.29, 1.82) is 0 Å². The van der Waals surface area contributed by atoms with Crippen molar-refractivity contribution in [1.82, 2.24) is 5.01 Å². The van der Waals surface area contributed by atoms with Gasteiger partial charge in [-0.05, 0) is 97.5 Å². The Kier molecular flexibility index (Phi) is 6.95. The zero-order valence-corrected chi connectivity index (χ0v) is 20.4. The molecule has 0 spiro atoms. The molecular weight excluding hydrogens is 474 g/mol. The van der Waals surface area contributed by atoms with Gasteiger partial charge in [0.2, 0.25) is 0 Å². The monoisotopic (exact) mass is 500 g/mol.